The van der Waals surface area contributed by atoms with Crippen molar-refractivity contribution in [2.45, 2.75) is 32.9 Å². The number of amides is 2. The predicted octanol–water partition coefficient (Wildman–Crippen LogP) is 2.88. The zero-order valence-electron chi connectivity index (χ0n) is 16.5. The third-order valence-corrected chi connectivity index (χ3v) is 6.08. The highest BCUT2D eigenvalue weighted by molar-refractivity contribution is 7.17. The summed E-state index contributed by atoms with van der Waals surface area (Å²) in [6.45, 7) is 5.88. The van der Waals surface area contributed by atoms with Gasteiger partial charge in [-0.05, 0) is 38.0 Å². The van der Waals surface area contributed by atoms with Crippen LogP contribution in [0.1, 0.15) is 45.0 Å². The third kappa shape index (κ3) is 3.70. The van der Waals surface area contributed by atoms with Gasteiger partial charge in [0.05, 0.1) is 19.8 Å². The Morgan fingerprint density at radius 1 is 1.18 bits per heavy atom. The molecule has 0 atom stereocenters. The normalized spacial score (nSPS) is 13.9. The highest BCUT2D eigenvalue weighted by atomic mass is 32.1. The molecule has 0 bridgehead atoms. The maximum Gasteiger partial charge on any atom is 0.263 e. The summed E-state index contributed by atoms with van der Waals surface area (Å²) in [5.41, 5.74) is 7.28. The van der Waals surface area contributed by atoms with Crippen molar-refractivity contribution >= 4 is 28.2 Å². The highest BCUT2D eigenvalue weighted by Crippen LogP contribution is 2.38. The molecule has 28 heavy (non-hydrogen) atoms. The van der Waals surface area contributed by atoms with E-state index in [4.69, 9.17) is 15.2 Å². The van der Waals surface area contributed by atoms with E-state index in [-0.39, 0.29) is 5.56 Å². The van der Waals surface area contributed by atoms with Crippen LogP contribution in [0, 0.1) is 0 Å². The van der Waals surface area contributed by atoms with Crippen LogP contribution >= 0.6 is 11.3 Å². The van der Waals surface area contributed by atoms with Crippen molar-refractivity contribution in [3.05, 3.63) is 39.8 Å². The molecule has 2 heterocycles. The number of benzene rings is 1. The lowest BCUT2D eigenvalue weighted by Crippen LogP contribution is -2.35. The molecule has 3 N–H and O–H groups in total. The molecule has 1 aliphatic heterocycles. The SMILES string of the molecule is COc1cccc(OC)c1C(=O)Nc1sc2c(c1C(N)=O)CCN(C(C)C)C2. The number of thiophene rings is 1. The molecule has 8 heteroatoms. The number of carbonyl (C=O) groups is 2. The average Bonchev–Trinajstić information content (AvgIpc) is 3.03. The van der Waals surface area contributed by atoms with Gasteiger partial charge in [0, 0.05) is 24.0 Å². The average molecular weight is 404 g/mol. The Hall–Kier alpha value is -2.58. The smallest absolute Gasteiger partial charge is 0.263 e. The van der Waals surface area contributed by atoms with E-state index in [0.29, 0.717) is 28.1 Å². The van der Waals surface area contributed by atoms with Crippen LogP contribution in [0.25, 0.3) is 0 Å². The molecule has 0 aliphatic carbocycles. The first-order valence-electron chi connectivity index (χ1n) is 9.08. The lowest BCUT2D eigenvalue weighted by atomic mass is 10.0. The van der Waals surface area contributed by atoms with Crippen LogP contribution in [-0.4, -0.2) is 43.5 Å². The fourth-order valence-electron chi connectivity index (χ4n) is 3.45. The van der Waals surface area contributed by atoms with E-state index in [9.17, 15) is 9.59 Å². The summed E-state index contributed by atoms with van der Waals surface area (Å²) in [4.78, 5) is 28.6. The highest BCUT2D eigenvalue weighted by Gasteiger charge is 2.29. The van der Waals surface area contributed by atoms with Gasteiger partial charge in [-0.3, -0.25) is 14.5 Å². The van der Waals surface area contributed by atoms with Gasteiger partial charge < -0.3 is 20.5 Å². The van der Waals surface area contributed by atoms with Crippen molar-refractivity contribution in [1.29, 1.82) is 0 Å². The number of carbonyl (C=O) groups excluding carboxylic acids is 2. The standard InChI is InChI=1S/C20H25N3O4S/c1-11(2)23-9-8-12-15(10-23)28-20(16(12)18(21)24)22-19(25)17-13(26-3)6-5-7-14(17)27-4/h5-7,11H,8-10H2,1-4H3,(H2,21,24)(H,22,25). The van der Waals surface area contributed by atoms with Gasteiger partial charge in [-0.25, -0.2) is 0 Å². The summed E-state index contributed by atoms with van der Waals surface area (Å²) in [5.74, 6) is -0.150. The molecule has 1 aliphatic rings. The molecule has 3 rings (SSSR count). The van der Waals surface area contributed by atoms with Crippen LogP contribution in [0.4, 0.5) is 5.00 Å². The van der Waals surface area contributed by atoms with Crippen molar-refractivity contribution < 1.29 is 19.1 Å². The predicted molar refractivity (Wildman–Crippen MR) is 110 cm³/mol. The Morgan fingerprint density at radius 2 is 1.82 bits per heavy atom. The Balaban J connectivity index is 1.98. The zero-order chi connectivity index (χ0) is 20.4. The fourth-order valence-corrected chi connectivity index (χ4v) is 4.73. The molecular formula is C20H25N3O4S. The van der Waals surface area contributed by atoms with Gasteiger partial charge >= 0.3 is 0 Å². The van der Waals surface area contributed by atoms with E-state index in [1.165, 1.54) is 25.6 Å². The van der Waals surface area contributed by atoms with Crippen molar-refractivity contribution in [2.24, 2.45) is 5.73 Å². The molecule has 2 amide bonds. The number of anilines is 1. The van der Waals surface area contributed by atoms with E-state index in [1.54, 1.807) is 18.2 Å². The summed E-state index contributed by atoms with van der Waals surface area (Å²) >= 11 is 1.41. The number of primary amides is 1. The maximum absolute atomic E-state index is 13.0. The van der Waals surface area contributed by atoms with Crippen molar-refractivity contribution in [1.82, 2.24) is 4.90 Å². The monoisotopic (exact) mass is 403 g/mol. The minimum Gasteiger partial charge on any atom is -0.496 e. The minimum absolute atomic E-state index is 0.276. The molecule has 0 spiro atoms. The number of hydrogen-bond donors (Lipinski definition) is 2. The van der Waals surface area contributed by atoms with Crippen molar-refractivity contribution in [3.63, 3.8) is 0 Å². The van der Waals surface area contributed by atoms with Crippen LogP contribution in [0.15, 0.2) is 18.2 Å². The van der Waals surface area contributed by atoms with Gasteiger partial charge in [-0.15, -0.1) is 11.3 Å². The molecule has 0 saturated carbocycles. The van der Waals surface area contributed by atoms with Crippen LogP contribution in [-0.2, 0) is 13.0 Å². The van der Waals surface area contributed by atoms with Gasteiger partial charge in [0.2, 0.25) is 0 Å². The Kier molecular flexibility index (Phi) is 5.90. The van der Waals surface area contributed by atoms with E-state index in [2.05, 4.69) is 24.1 Å². The van der Waals surface area contributed by atoms with Gasteiger partial charge in [-0.1, -0.05) is 6.07 Å². The van der Waals surface area contributed by atoms with Crippen LogP contribution in [0.2, 0.25) is 0 Å². The fraction of sp³-hybridized carbons (Fsp3) is 0.400. The van der Waals surface area contributed by atoms with Gasteiger partial charge in [0.25, 0.3) is 11.8 Å². The summed E-state index contributed by atoms with van der Waals surface area (Å²) in [7, 11) is 2.98. The second kappa shape index (κ2) is 8.20. The number of fused-ring (bicyclic) bond motifs is 1. The molecular weight excluding hydrogens is 378 g/mol. The topological polar surface area (TPSA) is 93.9 Å². The first-order chi connectivity index (χ1) is 13.4. The number of nitrogens with zero attached hydrogens (tertiary/aromatic N) is 1. The Labute approximate surface area is 168 Å². The molecule has 0 radical (unpaired) electrons. The molecule has 0 unspecified atom stereocenters. The molecule has 2 aromatic rings. The second-order valence-electron chi connectivity index (χ2n) is 6.88. The molecule has 7 nitrogen and oxygen atoms in total. The number of methoxy groups -OCH3 is 2. The van der Waals surface area contributed by atoms with E-state index < -0.39 is 11.8 Å². The number of rotatable bonds is 6. The summed E-state index contributed by atoms with van der Waals surface area (Å²) in [6, 6.07) is 5.52. The quantitative estimate of drug-likeness (QED) is 0.773. The second-order valence-corrected chi connectivity index (χ2v) is 7.98. The van der Waals surface area contributed by atoms with E-state index >= 15 is 0 Å². The molecule has 0 saturated heterocycles. The molecule has 150 valence electrons. The van der Waals surface area contributed by atoms with Crippen LogP contribution < -0.4 is 20.5 Å². The summed E-state index contributed by atoms with van der Waals surface area (Å²) in [5, 5.41) is 3.33. The van der Waals surface area contributed by atoms with Crippen molar-refractivity contribution in [2.75, 3.05) is 26.1 Å². The Bertz CT molecular complexity index is 885. The molecule has 0 fully saturated rings. The van der Waals surface area contributed by atoms with Gasteiger partial charge in [0.1, 0.15) is 22.1 Å². The number of nitrogens with two attached hydrogens (primary N) is 1. The zero-order valence-corrected chi connectivity index (χ0v) is 17.3. The van der Waals surface area contributed by atoms with Crippen LogP contribution in [0.5, 0.6) is 11.5 Å². The first kappa shape index (κ1) is 20.2. The van der Waals surface area contributed by atoms with Crippen LogP contribution in [0.3, 0.4) is 0 Å². The minimum atomic E-state index is -0.530. The third-order valence-electron chi connectivity index (χ3n) is 4.95. The first-order valence-corrected chi connectivity index (χ1v) is 9.89. The molecule has 1 aromatic carbocycles. The van der Waals surface area contributed by atoms with E-state index in [1.807, 2.05) is 0 Å². The van der Waals surface area contributed by atoms with E-state index in [0.717, 1.165) is 30.0 Å². The lowest BCUT2D eigenvalue weighted by molar-refractivity contribution is 0.0999. The summed E-state index contributed by atoms with van der Waals surface area (Å²) in [6.07, 6.45) is 0.732. The van der Waals surface area contributed by atoms with Crippen molar-refractivity contribution in [3.8, 4) is 11.5 Å². The largest absolute Gasteiger partial charge is 0.496 e. The number of nitrogens with one attached hydrogen (secondary N) is 1. The number of hydrogen-bond acceptors (Lipinski definition) is 6. The maximum atomic E-state index is 13.0. The summed E-state index contributed by atoms with van der Waals surface area (Å²) < 4.78 is 10.6. The Morgan fingerprint density at radius 3 is 2.36 bits per heavy atom. The van der Waals surface area contributed by atoms with Gasteiger partial charge in [-0.2, -0.15) is 0 Å². The number of ether oxygens (including phenoxy) is 2. The molecule has 1 aromatic heterocycles. The van der Waals surface area contributed by atoms with Gasteiger partial charge in [0.15, 0.2) is 0 Å². The lowest BCUT2D eigenvalue weighted by Gasteiger charge is -2.30.